The van der Waals surface area contributed by atoms with E-state index in [1.165, 1.54) is 19.3 Å². The first kappa shape index (κ1) is 17.1. The number of hydrogen-bond donors (Lipinski definition) is 0. The third kappa shape index (κ3) is 3.74. The fraction of sp³-hybridized carbons (Fsp3) is 0.889. The molecule has 0 saturated heterocycles. The molecule has 0 heterocycles. The van der Waals surface area contributed by atoms with Crippen LogP contribution < -0.4 is 0 Å². The van der Waals surface area contributed by atoms with Crippen molar-refractivity contribution in [2.24, 2.45) is 33.7 Å². The molecule has 6 unspecified atom stereocenters. The van der Waals surface area contributed by atoms with Gasteiger partial charge < -0.3 is 0 Å². The zero-order valence-corrected chi connectivity index (χ0v) is 13.8. The van der Waals surface area contributed by atoms with Crippen LogP contribution in [0.2, 0.25) is 0 Å². The summed E-state index contributed by atoms with van der Waals surface area (Å²) in [4.78, 5) is 29.8. The van der Waals surface area contributed by atoms with E-state index in [0.717, 1.165) is 38.0 Å². The molecule has 2 fully saturated rings. The summed E-state index contributed by atoms with van der Waals surface area (Å²) < 4.78 is 0. The number of fused-ring (bicyclic) bond motifs is 2. The lowest BCUT2D eigenvalue weighted by atomic mass is 9.72. The summed E-state index contributed by atoms with van der Waals surface area (Å²) in [6.07, 6.45) is 12.4. The largest absolute Gasteiger partial charge is 0.235 e. The van der Waals surface area contributed by atoms with Gasteiger partial charge in [0.2, 0.25) is 12.2 Å². The topological polar surface area (TPSA) is 58.9 Å². The van der Waals surface area contributed by atoms with Gasteiger partial charge in [0, 0.05) is 0 Å². The molecule has 0 spiro atoms. The van der Waals surface area contributed by atoms with Crippen molar-refractivity contribution < 1.29 is 9.59 Å². The lowest BCUT2D eigenvalue weighted by Crippen LogP contribution is -2.34. The minimum Gasteiger partial charge on any atom is -0.211 e. The van der Waals surface area contributed by atoms with Crippen molar-refractivity contribution in [2.75, 3.05) is 0 Å². The van der Waals surface area contributed by atoms with E-state index in [-0.39, 0.29) is 12.1 Å². The van der Waals surface area contributed by atoms with Crippen molar-refractivity contribution >= 4 is 12.2 Å². The fourth-order valence-corrected chi connectivity index (χ4v) is 4.94. The van der Waals surface area contributed by atoms with Crippen molar-refractivity contribution in [3.05, 3.63) is 0 Å². The first-order chi connectivity index (χ1) is 10.7. The zero-order valence-electron chi connectivity index (χ0n) is 13.8. The second-order valence-corrected chi connectivity index (χ2v) is 7.07. The predicted octanol–water partition coefficient (Wildman–Crippen LogP) is 4.05. The van der Waals surface area contributed by atoms with E-state index < -0.39 is 0 Å². The molecule has 0 N–H and O–H groups in total. The Morgan fingerprint density at radius 1 is 0.909 bits per heavy atom. The second kappa shape index (κ2) is 8.41. The number of isocyanates is 2. The molecule has 0 aromatic carbocycles. The second-order valence-electron chi connectivity index (χ2n) is 7.07. The molecule has 0 radical (unpaired) electrons. The van der Waals surface area contributed by atoms with Gasteiger partial charge in [0.1, 0.15) is 0 Å². The summed E-state index contributed by atoms with van der Waals surface area (Å²) in [6.45, 7) is 4.31. The van der Waals surface area contributed by atoms with Gasteiger partial charge in [0.05, 0.1) is 12.1 Å². The van der Waals surface area contributed by atoms with E-state index in [0.29, 0.717) is 17.8 Å². The Kier molecular flexibility index (Phi) is 6.54. The number of aliphatic imine (C=N–C) groups is 2. The highest BCUT2D eigenvalue weighted by atomic mass is 16.1. The normalized spacial score (nSPS) is 32.1. The van der Waals surface area contributed by atoms with E-state index in [2.05, 4.69) is 23.8 Å². The molecule has 2 aliphatic rings. The first-order valence-electron chi connectivity index (χ1n) is 8.89. The molecular formula is C18H28N2O2. The number of rotatable bonds is 9. The Morgan fingerprint density at radius 2 is 1.50 bits per heavy atom. The molecule has 4 nitrogen and oxygen atoms in total. The molecule has 2 rings (SSSR count). The molecule has 0 aromatic heterocycles. The summed E-state index contributed by atoms with van der Waals surface area (Å²) in [5.41, 5.74) is 0. The maximum Gasteiger partial charge on any atom is 0.235 e. The first-order valence-corrected chi connectivity index (χ1v) is 8.89. The predicted molar refractivity (Wildman–Crippen MR) is 86.1 cm³/mol. The van der Waals surface area contributed by atoms with Crippen LogP contribution in [-0.2, 0) is 9.59 Å². The van der Waals surface area contributed by atoms with E-state index >= 15 is 0 Å². The Balaban J connectivity index is 2.11. The Bertz CT molecular complexity index is 452. The number of nitrogens with zero attached hydrogens (tertiary/aromatic N) is 2. The quantitative estimate of drug-likeness (QED) is 0.476. The van der Waals surface area contributed by atoms with Crippen LogP contribution in [0.3, 0.4) is 0 Å². The highest BCUT2D eigenvalue weighted by Gasteiger charge is 2.50. The zero-order chi connectivity index (χ0) is 15.9. The van der Waals surface area contributed by atoms with Crippen molar-refractivity contribution in [3.63, 3.8) is 0 Å². The van der Waals surface area contributed by atoms with Crippen LogP contribution >= 0.6 is 0 Å². The van der Waals surface area contributed by atoms with Gasteiger partial charge in [-0.05, 0) is 55.8 Å². The maximum atomic E-state index is 10.8. The van der Waals surface area contributed by atoms with Crippen LogP contribution in [-0.4, -0.2) is 24.2 Å². The van der Waals surface area contributed by atoms with Gasteiger partial charge in [-0.1, -0.05) is 33.1 Å². The lowest BCUT2D eigenvalue weighted by Gasteiger charge is -2.35. The van der Waals surface area contributed by atoms with E-state index in [9.17, 15) is 9.59 Å². The third-order valence-corrected chi connectivity index (χ3v) is 5.78. The van der Waals surface area contributed by atoms with Crippen molar-refractivity contribution in [1.82, 2.24) is 0 Å². The van der Waals surface area contributed by atoms with Crippen molar-refractivity contribution in [1.29, 1.82) is 0 Å². The molecule has 6 atom stereocenters. The van der Waals surface area contributed by atoms with Crippen molar-refractivity contribution in [2.45, 2.75) is 77.3 Å². The van der Waals surface area contributed by atoms with Gasteiger partial charge in [-0.2, -0.15) is 0 Å². The summed E-state index contributed by atoms with van der Waals surface area (Å²) >= 11 is 0. The minimum absolute atomic E-state index is 0.118. The smallest absolute Gasteiger partial charge is 0.211 e. The summed E-state index contributed by atoms with van der Waals surface area (Å²) in [5.74, 6) is 2.26. The third-order valence-electron chi connectivity index (χ3n) is 5.78. The van der Waals surface area contributed by atoms with Gasteiger partial charge in [-0.25, -0.2) is 19.6 Å². The monoisotopic (exact) mass is 304 g/mol. The molecule has 2 saturated carbocycles. The van der Waals surface area contributed by atoms with Crippen LogP contribution in [0.1, 0.15) is 65.2 Å². The Morgan fingerprint density at radius 3 is 1.95 bits per heavy atom. The molecule has 4 heteroatoms. The summed E-state index contributed by atoms with van der Waals surface area (Å²) in [6, 6.07) is 0.241. The molecule has 0 amide bonds. The van der Waals surface area contributed by atoms with Crippen LogP contribution in [0.5, 0.6) is 0 Å². The van der Waals surface area contributed by atoms with Gasteiger partial charge in [0.15, 0.2) is 0 Å². The average molecular weight is 304 g/mol. The standard InChI is InChI=1S/C18H28N2O2/c1-3-5-7-18(20-12-22)16-10-13-8-14(16)15(9-13)17(6-4-2)19-11-21/h13-18H,3-10H2,1-2H3. The molecule has 22 heavy (non-hydrogen) atoms. The van der Waals surface area contributed by atoms with E-state index in [1.807, 2.05) is 0 Å². The van der Waals surface area contributed by atoms with Crippen LogP contribution in [0.25, 0.3) is 0 Å². The molecule has 0 aliphatic heterocycles. The number of hydrogen-bond acceptors (Lipinski definition) is 4. The molecule has 0 aromatic rings. The number of unbranched alkanes of at least 4 members (excludes halogenated alkanes) is 1. The summed E-state index contributed by atoms with van der Waals surface area (Å²) in [5, 5.41) is 0. The highest BCUT2D eigenvalue weighted by molar-refractivity contribution is 5.34. The average Bonchev–Trinajstić information content (AvgIpc) is 3.11. The Hall–Kier alpha value is -1.24. The Labute approximate surface area is 133 Å². The van der Waals surface area contributed by atoms with Gasteiger partial charge in [-0.15, -0.1) is 0 Å². The lowest BCUT2D eigenvalue weighted by molar-refractivity contribution is 0.173. The van der Waals surface area contributed by atoms with Gasteiger partial charge in [0.25, 0.3) is 0 Å². The molecule has 2 aliphatic carbocycles. The molecule has 122 valence electrons. The van der Waals surface area contributed by atoms with E-state index in [4.69, 9.17) is 0 Å². The highest BCUT2D eigenvalue weighted by Crippen LogP contribution is 2.55. The number of carbonyl (C=O) groups excluding carboxylic acids is 2. The van der Waals surface area contributed by atoms with Crippen LogP contribution in [0, 0.1) is 23.7 Å². The van der Waals surface area contributed by atoms with Gasteiger partial charge >= 0.3 is 0 Å². The SMILES string of the molecule is CCCCC(N=C=O)C1CC2CC(C(CCC)N=C=O)C1C2. The molecular weight excluding hydrogens is 276 g/mol. The van der Waals surface area contributed by atoms with Gasteiger partial charge in [-0.3, -0.25) is 0 Å². The van der Waals surface area contributed by atoms with E-state index in [1.54, 1.807) is 12.2 Å². The minimum atomic E-state index is 0.118. The van der Waals surface area contributed by atoms with Crippen LogP contribution in [0.4, 0.5) is 0 Å². The fourth-order valence-electron chi connectivity index (χ4n) is 4.94. The molecule has 2 bridgehead atoms. The summed E-state index contributed by atoms with van der Waals surface area (Å²) in [7, 11) is 0. The van der Waals surface area contributed by atoms with Crippen molar-refractivity contribution in [3.8, 4) is 0 Å². The van der Waals surface area contributed by atoms with Crippen LogP contribution in [0.15, 0.2) is 9.98 Å². The maximum absolute atomic E-state index is 10.8.